The van der Waals surface area contributed by atoms with E-state index in [0.717, 1.165) is 16.7 Å². The predicted octanol–water partition coefficient (Wildman–Crippen LogP) is 1.53. The van der Waals surface area contributed by atoms with E-state index >= 15 is 0 Å². The number of nitrogens with two attached hydrogens (primary N) is 2. The van der Waals surface area contributed by atoms with Crippen LogP contribution in [0.25, 0.3) is 0 Å². The van der Waals surface area contributed by atoms with Crippen LogP contribution >= 0.6 is 0 Å². The molecule has 7 heteroatoms. The molecule has 0 spiro atoms. The van der Waals surface area contributed by atoms with Crippen molar-refractivity contribution < 1.29 is 14.3 Å². The number of rotatable bonds is 2. The normalized spacial score (nSPS) is 22.4. The molecule has 1 aliphatic carbocycles. The zero-order valence-electron chi connectivity index (χ0n) is 13.9. The van der Waals surface area contributed by atoms with Crippen LogP contribution in [0.4, 0.5) is 0 Å². The summed E-state index contributed by atoms with van der Waals surface area (Å²) in [4.78, 5) is 12.7. The van der Waals surface area contributed by atoms with Crippen LogP contribution in [0.2, 0.25) is 0 Å². The van der Waals surface area contributed by atoms with Gasteiger partial charge in [-0.05, 0) is 23.3 Å². The van der Waals surface area contributed by atoms with E-state index in [9.17, 15) is 4.79 Å². The summed E-state index contributed by atoms with van der Waals surface area (Å²) in [7, 11) is 3.13. The Morgan fingerprint density at radius 3 is 2.52 bits per heavy atom. The van der Waals surface area contributed by atoms with Crippen molar-refractivity contribution in [1.82, 2.24) is 5.01 Å². The maximum Gasteiger partial charge on any atom is 0.268 e. The zero-order valence-corrected chi connectivity index (χ0v) is 13.9. The molecule has 2 atom stereocenters. The van der Waals surface area contributed by atoms with Gasteiger partial charge in [-0.2, -0.15) is 5.10 Å². The second kappa shape index (κ2) is 5.49. The number of hydrogen-bond acceptors (Lipinski definition) is 6. The number of nitrogens with zero attached hydrogens (tertiary/aromatic N) is 2. The number of hydrazine groups is 1. The van der Waals surface area contributed by atoms with Gasteiger partial charge < -0.3 is 15.3 Å². The summed E-state index contributed by atoms with van der Waals surface area (Å²) < 4.78 is 11.0. The highest BCUT2D eigenvalue weighted by atomic mass is 16.5. The summed E-state index contributed by atoms with van der Waals surface area (Å²) >= 11 is 0. The van der Waals surface area contributed by atoms with E-state index in [1.165, 1.54) is 5.01 Å². The summed E-state index contributed by atoms with van der Waals surface area (Å²) in [5.74, 6) is 12.6. The molecule has 25 heavy (non-hydrogen) atoms. The highest BCUT2D eigenvalue weighted by Crippen LogP contribution is 2.53. The Morgan fingerprint density at radius 1 is 1.08 bits per heavy atom. The van der Waals surface area contributed by atoms with Crippen molar-refractivity contribution in [2.24, 2.45) is 16.8 Å². The van der Waals surface area contributed by atoms with E-state index in [0.29, 0.717) is 22.8 Å². The largest absolute Gasteiger partial charge is 0.493 e. The predicted molar refractivity (Wildman–Crippen MR) is 92.6 cm³/mol. The molecule has 2 unspecified atom stereocenters. The highest BCUT2D eigenvalue weighted by molar-refractivity contribution is 6.15. The Kier molecular flexibility index (Phi) is 3.40. The first kappa shape index (κ1) is 15.5. The monoisotopic (exact) mass is 338 g/mol. The summed E-state index contributed by atoms with van der Waals surface area (Å²) in [6, 6.07) is 10.7. The summed E-state index contributed by atoms with van der Waals surface area (Å²) in [5.41, 5.74) is 3.63. The van der Waals surface area contributed by atoms with Crippen molar-refractivity contribution in [3.05, 3.63) is 58.7 Å². The molecule has 1 amide bonds. The second-order valence-corrected chi connectivity index (χ2v) is 6.00. The number of hydrogen-bond donors (Lipinski definition) is 2. The van der Waals surface area contributed by atoms with Crippen molar-refractivity contribution in [2.75, 3.05) is 14.2 Å². The number of hydrazone groups is 1. The van der Waals surface area contributed by atoms with Crippen LogP contribution in [-0.4, -0.2) is 30.8 Å². The summed E-state index contributed by atoms with van der Waals surface area (Å²) in [6.07, 6.45) is 0. The molecule has 0 radical (unpaired) electrons. The van der Waals surface area contributed by atoms with Crippen LogP contribution in [0.3, 0.4) is 0 Å². The standard InChI is InChI=1S/C18H18N4O3/c1-24-12-8-7-11-14(17(12)25-2)15(21-19)13-9-5-3-4-6-10(9)18(23)22(20)16(11)13/h3-8,13,16H,19-20H2,1-2H3/b21-15+. The molecule has 4 rings (SSSR count). The van der Waals surface area contributed by atoms with Gasteiger partial charge in [0.05, 0.1) is 31.9 Å². The quantitative estimate of drug-likeness (QED) is 0.491. The molecule has 1 heterocycles. The van der Waals surface area contributed by atoms with Crippen LogP contribution in [0.1, 0.15) is 39.0 Å². The molecular weight excluding hydrogens is 320 g/mol. The van der Waals surface area contributed by atoms with Gasteiger partial charge in [0.1, 0.15) is 0 Å². The van der Waals surface area contributed by atoms with Gasteiger partial charge in [-0.1, -0.05) is 24.3 Å². The number of amides is 1. The number of carbonyl (C=O) groups excluding carboxylic acids is 1. The topological polar surface area (TPSA) is 103 Å². The van der Waals surface area contributed by atoms with Crippen LogP contribution in [0.5, 0.6) is 11.5 Å². The van der Waals surface area contributed by atoms with Gasteiger partial charge in [0.2, 0.25) is 0 Å². The Bertz CT molecular complexity index is 909. The summed E-state index contributed by atoms with van der Waals surface area (Å²) in [6.45, 7) is 0. The zero-order chi connectivity index (χ0) is 17.7. The Labute approximate surface area is 144 Å². The van der Waals surface area contributed by atoms with E-state index < -0.39 is 0 Å². The number of ether oxygens (including phenoxy) is 2. The van der Waals surface area contributed by atoms with Gasteiger partial charge in [0.15, 0.2) is 11.5 Å². The van der Waals surface area contributed by atoms with Crippen molar-refractivity contribution in [3.63, 3.8) is 0 Å². The Balaban J connectivity index is 2.03. The first-order valence-corrected chi connectivity index (χ1v) is 7.84. The molecule has 128 valence electrons. The smallest absolute Gasteiger partial charge is 0.268 e. The van der Waals surface area contributed by atoms with Gasteiger partial charge >= 0.3 is 0 Å². The second-order valence-electron chi connectivity index (χ2n) is 6.00. The first-order chi connectivity index (χ1) is 12.1. The van der Waals surface area contributed by atoms with Crippen molar-refractivity contribution in [1.29, 1.82) is 0 Å². The molecule has 2 aromatic carbocycles. The van der Waals surface area contributed by atoms with E-state index in [2.05, 4.69) is 5.10 Å². The molecule has 2 aliphatic rings. The fourth-order valence-corrected chi connectivity index (χ4v) is 3.94. The van der Waals surface area contributed by atoms with E-state index in [4.69, 9.17) is 21.2 Å². The first-order valence-electron chi connectivity index (χ1n) is 7.84. The number of benzene rings is 2. The third-order valence-electron chi connectivity index (χ3n) is 4.96. The van der Waals surface area contributed by atoms with Crippen molar-refractivity contribution >= 4 is 11.6 Å². The molecule has 0 fully saturated rings. The lowest BCUT2D eigenvalue weighted by Gasteiger charge is -2.35. The molecule has 7 nitrogen and oxygen atoms in total. The van der Waals surface area contributed by atoms with Crippen LogP contribution < -0.4 is 21.2 Å². The van der Waals surface area contributed by atoms with E-state index in [-0.39, 0.29) is 17.9 Å². The Hall–Kier alpha value is -3.06. The van der Waals surface area contributed by atoms with Gasteiger partial charge in [0.25, 0.3) is 5.91 Å². The Morgan fingerprint density at radius 2 is 1.84 bits per heavy atom. The lowest BCUT2D eigenvalue weighted by Crippen LogP contribution is -2.46. The number of methoxy groups -OCH3 is 2. The SMILES string of the molecule is COc1ccc2c(c1OC)/C(=N/N)C1c3ccccc3C(=O)N(N)C21. The van der Waals surface area contributed by atoms with E-state index in [1.807, 2.05) is 24.3 Å². The van der Waals surface area contributed by atoms with Gasteiger partial charge in [0, 0.05) is 11.1 Å². The fourth-order valence-electron chi connectivity index (χ4n) is 3.94. The maximum atomic E-state index is 12.7. The van der Waals surface area contributed by atoms with Crippen molar-refractivity contribution in [3.8, 4) is 11.5 Å². The van der Waals surface area contributed by atoms with Crippen LogP contribution in [0, 0.1) is 0 Å². The average molecular weight is 338 g/mol. The lowest BCUT2D eigenvalue weighted by molar-refractivity contribution is 0.0641. The van der Waals surface area contributed by atoms with Gasteiger partial charge in [-0.3, -0.25) is 9.80 Å². The third kappa shape index (κ3) is 1.90. The molecule has 0 aromatic heterocycles. The molecule has 1 aliphatic heterocycles. The third-order valence-corrected chi connectivity index (χ3v) is 4.96. The molecule has 0 bridgehead atoms. The van der Waals surface area contributed by atoms with Crippen molar-refractivity contribution in [2.45, 2.75) is 12.0 Å². The molecule has 0 saturated carbocycles. The van der Waals surface area contributed by atoms with E-state index in [1.54, 1.807) is 26.4 Å². The summed E-state index contributed by atoms with van der Waals surface area (Å²) in [5, 5.41) is 5.30. The van der Waals surface area contributed by atoms with Crippen LogP contribution in [-0.2, 0) is 0 Å². The minimum absolute atomic E-state index is 0.226. The number of fused-ring (bicyclic) bond motifs is 5. The maximum absolute atomic E-state index is 12.7. The minimum atomic E-state index is -0.389. The average Bonchev–Trinajstić information content (AvgIpc) is 2.99. The molecular formula is C18H18N4O3. The van der Waals surface area contributed by atoms with Crippen LogP contribution in [0.15, 0.2) is 41.5 Å². The lowest BCUT2D eigenvalue weighted by atomic mass is 9.83. The minimum Gasteiger partial charge on any atom is -0.493 e. The van der Waals surface area contributed by atoms with Gasteiger partial charge in [-0.15, -0.1) is 0 Å². The fraction of sp³-hybridized carbons (Fsp3) is 0.222. The van der Waals surface area contributed by atoms with Gasteiger partial charge in [-0.25, -0.2) is 5.84 Å². The molecule has 0 saturated heterocycles. The highest BCUT2D eigenvalue weighted by Gasteiger charge is 2.49. The molecule has 4 N–H and O–H groups in total. The number of carbonyl (C=O) groups is 1. The molecule has 2 aromatic rings.